The first-order chi connectivity index (χ1) is 13.0. The fourth-order valence-corrected chi connectivity index (χ4v) is 2.94. The van der Waals surface area contributed by atoms with Crippen molar-refractivity contribution in [2.24, 2.45) is 0 Å². The summed E-state index contributed by atoms with van der Waals surface area (Å²) in [5.74, 6) is -0.285. The molecular formula is C22H26N2O3. The van der Waals surface area contributed by atoms with Crippen LogP contribution < -0.4 is 5.32 Å². The maximum atomic E-state index is 12.6. The number of likely N-dealkylation sites (N-methyl/N-ethyl adjacent to an activating group) is 1. The van der Waals surface area contributed by atoms with Crippen molar-refractivity contribution in [2.45, 2.75) is 25.8 Å². The van der Waals surface area contributed by atoms with Gasteiger partial charge >= 0.3 is 0 Å². The Morgan fingerprint density at radius 3 is 2.44 bits per heavy atom. The highest BCUT2D eigenvalue weighted by molar-refractivity contribution is 5.98. The van der Waals surface area contributed by atoms with Gasteiger partial charge in [-0.2, -0.15) is 0 Å². The second-order valence-corrected chi connectivity index (χ2v) is 6.45. The van der Waals surface area contributed by atoms with E-state index >= 15 is 0 Å². The van der Waals surface area contributed by atoms with E-state index in [0.717, 1.165) is 16.7 Å². The smallest absolute Gasteiger partial charge is 0.247 e. The van der Waals surface area contributed by atoms with Crippen LogP contribution in [0.4, 0.5) is 5.69 Å². The van der Waals surface area contributed by atoms with E-state index in [2.05, 4.69) is 11.9 Å². The van der Waals surface area contributed by atoms with Gasteiger partial charge in [-0.3, -0.25) is 9.59 Å². The molecule has 0 saturated carbocycles. The zero-order valence-electron chi connectivity index (χ0n) is 15.8. The van der Waals surface area contributed by atoms with Crippen molar-refractivity contribution in [3.05, 3.63) is 77.9 Å². The normalized spacial score (nSPS) is 11.5. The van der Waals surface area contributed by atoms with Crippen molar-refractivity contribution in [2.75, 3.05) is 19.0 Å². The van der Waals surface area contributed by atoms with Crippen LogP contribution in [-0.2, 0) is 16.0 Å². The minimum Gasteiger partial charge on any atom is -0.394 e. The van der Waals surface area contributed by atoms with Gasteiger partial charge in [0.25, 0.3) is 0 Å². The van der Waals surface area contributed by atoms with E-state index in [4.69, 9.17) is 0 Å². The number of aliphatic hydroxyl groups excluding tert-OH is 1. The summed E-state index contributed by atoms with van der Waals surface area (Å²) in [4.78, 5) is 25.5. The first-order valence-corrected chi connectivity index (χ1v) is 8.90. The fraction of sp³-hybridized carbons (Fsp3) is 0.273. The van der Waals surface area contributed by atoms with E-state index in [9.17, 15) is 14.7 Å². The van der Waals surface area contributed by atoms with Crippen LogP contribution in [0.5, 0.6) is 0 Å². The third kappa shape index (κ3) is 5.53. The van der Waals surface area contributed by atoms with Gasteiger partial charge in [0.2, 0.25) is 11.8 Å². The van der Waals surface area contributed by atoms with Gasteiger partial charge in [-0.1, -0.05) is 43.0 Å². The highest BCUT2D eigenvalue weighted by Crippen LogP contribution is 2.23. The maximum absolute atomic E-state index is 12.6. The Labute approximate surface area is 160 Å². The number of amides is 2. The number of hydrogen-bond donors (Lipinski definition) is 2. The molecule has 0 fully saturated rings. The number of nitrogens with one attached hydrogen (secondary N) is 1. The Balaban J connectivity index is 1.97. The molecule has 1 atom stereocenters. The summed E-state index contributed by atoms with van der Waals surface area (Å²) in [5, 5.41) is 12.5. The van der Waals surface area contributed by atoms with E-state index in [1.165, 1.54) is 6.08 Å². The minimum atomic E-state index is -0.352. The van der Waals surface area contributed by atoms with E-state index in [-0.39, 0.29) is 24.5 Å². The first kappa shape index (κ1) is 20.4. The van der Waals surface area contributed by atoms with Crippen LogP contribution in [0.1, 0.15) is 29.2 Å². The Morgan fingerprint density at radius 1 is 1.19 bits per heavy atom. The number of benzene rings is 2. The average Bonchev–Trinajstić information content (AvgIpc) is 2.68. The molecule has 0 aliphatic rings. The van der Waals surface area contributed by atoms with Crippen LogP contribution in [0.15, 0.2) is 61.2 Å². The van der Waals surface area contributed by atoms with E-state index < -0.39 is 0 Å². The van der Waals surface area contributed by atoms with Crippen LogP contribution in [0, 0.1) is 6.92 Å². The Kier molecular flexibility index (Phi) is 7.32. The van der Waals surface area contributed by atoms with Gasteiger partial charge in [-0.15, -0.1) is 0 Å². The van der Waals surface area contributed by atoms with Gasteiger partial charge in [-0.05, 0) is 48.2 Å². The van der Waals surface area contributed by atoms with E-state index in [1.807, 2.05) is 43.3 Å². The molecule has 1 unspecified atom stereocenters. The van der Waals surface area contributed by atoms with Crippen LogP contribution in [0.3, 0.4) is 0 Å². The summed E-state index contributed by atoms with van der Waals surface area (Å²) in [6.07, 6.45) is 2.15. The molecule has 0 bridgehead atoms. The number of rotatable bonds is 8. The van der Waals surface area contributed by atoms with Gasteiger partial charge < -0.3 is 15.3 Å². The molecule has 0 radical (unpaired) electrons. The number of carbonyl (C=O) groups excluding carboxylic acids is 2. The summed E-state index contributed by atoms with van der Waals surface area (Å²) < 4.78 is 0. The molecular weight excluding hydrogens is 340 g/mol. The average molecular weight is 366 g/mol. The molecule has 0 saturated heterocycles. The summed E-state index contributed by atoms with van der Waals surface area (Å²) >= 11 is 0. The molecule has 2 amide bonds. The molecule has 5 nitrogen and oxygen atoms in total. The predicted octanol–water partition coefficient (Wildman–Crippen LogP) is 3.24. The van der Waals surface area contributed by atoms with Gasteiger partial charge in [0.1, 0.15) is 0 Å². The largest absolute Gasteiger partial charge is 0.394 e. The van der Waals surface area contributed by atoms with Gasteiger partial charge in [0, 0.05) is 19.2 Å². The van der Waals surface area contributed by atoms with Crippen LogP contribution in [-0.4, -0.2) is 35.5 Å². The predicted molar refractivity (Wildman–Crippen MR) is 107 cm³/mol. The molecule has 0 heterocycles. The molecule has 0 aliphatic carbocycles. The molecule has 2 rings (SSSR count). The molecule has 142 valence electrons. The van der Waals surface area contributed by atoms with Crippen molar-refractivity contribution < 1.29 is 14.7 Å². The third-order valence-electron chi connectivity index (χ3n) is 4.62. The van der Waals surface area contributed by atoms with Gasteiger partial charge in [0.15, 0.2) is 0 Å². The zero-order valence-corrected chi connectivity index (χ0v) is 15.8. The number of hydrogen-bond acceptors (Lipinski definition) is 3. The summed E-state index contributed by atoms with van der Waals surface area (Å²) in [7, 11) is 1.73. The number of aliphatic hydroxyl groups is 1. The Bertz CT molecular complexity index is 799. The fourth-order valence-electron chi connectivity index (χ4n) is 2.94. The molecule has 5 heteroatoms. The van der Waals surface area contributed by atoms with E-state index in [0.29, 0.717) is 18.5 Å². The van der Waals surface area contributed by atoms with Gasteiger partial charge in [0.05, 0.1) is 12.6 Å². The van der Waals surface area contributed by atoms with E-state index in [1.54, 1.807) is 24.1 Å². The SMILES string of the molecule is C=CC(=O)Nc1ccc(CCC(=O)N(C)C(CO)c2ccccc2C)cc1. The molecule has 0 aliphatic heterocycles. The van der Waals surface area contributed by atoms with Crippen LogP contribution in [0.2, 0.25) is 0 Å². The molecule has 0 spiro atoms. The topological polar surface area (TPSA) is 69.6 Å². The Morgan fingerprint density at radius 2 is 1.85 bits per heavy atom. The quantitative estimate of drug-likeness (QED) is 0.705. The lowest BCUT2D eigenvalue weighted by Gasteiger charge is -2.28. The molecule has 2 aromatic rings. The van der Waals surface area contributed by atoms with Crippen molar-refractivity contribution in [3.63, 3.8) is 0 Å². The number of carbonyl (C=O) groups is 2. The number of anilines is 1. The first-order valence-electron chi connectivity index (χ1n) is 8.90. The van der Waals surface area contributed by atoms with Crippen LogP contribution in [0.25, 0.3) is 0 Å². The Hall–Kier alpha value is -2.92. The molecule has 2 N–H and O–H groups in total. The summed E-state index contributed by atoms with van der Waals surface area (Å²) in [5.41, 5.74) is 3.70. The zero-order chi connectivity index (χ0) is 19.8. The lowest BCUT2D eigenvalue weighted by Crippen LogP contribution is -2.33. The van der Waals surface area contributed by atoms with Gasteiger partial charge in [-0.25, -0.2) is 0 Å². The standard InChI is InChI=1S/C22H26N2O3/c1-4-21(26)23-18-12-9-17(10-13-18)11-14-22(27)24(3)20(15-25)19-8-6-5-7-16(19)2/h4-10,12-13,20,25H,1,11,14-15H2,2-3H3,(H,23,26). The van der Waals surface area contributed by atoms with Crippen molar-refractivity contribution in [1.29, 1.82) is 0 Å². The maximum Gasteiger partial charge on any atom is 0.247 e. The third-order valence-corrected chi connectivity index (χ3v) is 4.62. The molecule has 27 heavy (non-hydrogen) atoms. The second kappa shape index (κ2) is 9.69. The van der Waals surface area contributed by atoms with Crippen molar-refractivity contribution in [3.8, 4) is 0 Å². The number of aryl methyl sites for hydroxylation is 2. The minimum absolute atomic E-state index is 0.0265. The lowest BCUT2D eigenvalue weighted by molar-refractivity contribution is -0.133. The summed E-state index contributed by atoms with van der Waals surface area (Å²) in [6.45, 7) is 5.27. The lowest BCUT2D eigenvalue weighted by atomic mass is 10.00. The van der Waals surface area contributed by atoms with Crippen molar-refractivity contribution in [1.82, 2.24) is 4.90 Å². The second-order valence-electron chi connectivity index (χ2n) is 6.45. The van der Waals surface area contributed by atoms with Crippen molar-refractivity contribution >= 4 is 17.5 Å². The monoisotopic (exact) mass is 366 g/mol. The molecule has 2 aromatic carbocycles. The molecule has 0 aromatic heterocycles. The highest BCUT2D eigenvalue weighted by Gasteiger charge is 2.21. The van der Waals surface area contributed by atoms with Crippen LogP contribution >= 0.6 is 0 Å². The summed E-state index contributed by atoms with van der Waals surface area (Å²) in [6, 6.07) is 14.8. The highest BCUT2D eigenvalue weighted by atomic mass is 16.3. The number of nitrogens with zero attached hydrogens (tertiary/aromatic N) is 1.